The number of alkyl halides is 4. The summed E-state index contributed by atoms with van der Waals surface area (Å²) in [5.74, 6) is -2.99. The number of aliphatic hydroxyl groups is 2. The monoisotopic (exact) mass is 729 g/mol. The SMILES string of the molecule is O=C(N[C@H]1C[C@H]1F)c1cccnc1-n1nc(CN2N=C(c3ccc(Cl)cc3)N(C[C@H](O)C(F)(F)F)C2O)nc1C(=O)N1CCS(=O)(=O)CC1. The van der Waals surface area contributed by atoms with E-state index in [9.17, 15) is 45.8 Å². The Kier molecular flexibility index (Phi) is 9.24. The maximum Gasteiger partial charge on any atom is 0.416 e. The molecule has 1 aliphatic carbocycles. The van der Waals surface area contributed by atoms with Gasteiger partial charge < -0.3 is 25.3 Å². The highest BCUT2D eigenvalue weighted by molar-refractivity contribution is 7.91. The number of hydrogen-bond donors (Lipinski definition) is 3. The fraction of sp³-hybridized carbons (Fsp3) is 0.429. The van der Waals surface area contributed by atoms with Crippen LogP contribution in [0.25, 0.3) is 5.82 Å². The van der Waals surface area contributed by atoms with Crippen LogP contribution in [0.4, 0.5) is 17.6 Å². The quantitative estimate of drug-likeness (QED) is 0.264. The largest absolute Gasteiger partial charge is 0.416 e. The first kappa shape index (κ1) is 34.5. The molecule has 2 aliphatic heterocycles. The van der Waals surface area contributed by atoms with Gasteiger partial charge in [-0.2, -0.15) is 23.0 Å². The predicted molar refractivity (Wildman–Crippen MR) is 163 cm³/mol. The van der Waals surface area contributed by atoms with Gasteiger partial charge in [-0.05, 0) is 36.4 Å². The topological polar surface area (TPSA) is 186 Å². The van der Waals surface area contributed by atoms with E-state index >= 15 is 0 Å². The van der Waals surface area contributed by atoms with Crippen molar-refractivity contribution in [2.24, 2.45) is 5.10 Å². The third-order valence-corrected chi connectivity index (χ3v) is 9.79. The number of amides is 2. The number of amidine groups is 1. The standard InChI is InChI=1S/C28H28ClF4N9O6S/c29-16-5-3-15(4-6-16)22-38-41(27(46)40(22)13-20(43)28(31,32)33)14-21-36-24(26(45)39-8-10-49(47,48)11-9-39)42(37-21)23-17(2-1-7-34-23)25(44)35-19-12-18(19)30/h1-7,18-20,27,43,46H,8-14H2,(H,35,44)/t18-,19+,20+,27?/m1/s1. The fourth-order valence-corrected chi connectivity index (χ4v) is 6.45. The first-order valence-corrected chi connectivity index (χ1v) is 17.0. The summed E-state index contributed by atoms with van der Waals surface area (Å²) in [7, 11) is -3.37. The van der Waals surface area contributed by atoms with Crippen molar-refractivity contribution in [3.63, 3.8) is 0 Å². The third-order valence-electron chi connectivity index (χ3n) is 7.93. The Morgan fingerprint density at radius 1 is 1.12 bits per heavy atom. The molecule has 3 aromatic rings. The second-order valence-corrected chi connectivity index (χ2v) is 14.2. The summed E-state index contributed by atoms with van der Waals surface area (Å²) in [6.45, 7) is -1.92. The number of hydrogen-bond acceptors (Lipinski definition) is 12. The zero-order chi connectivity index (χ0) is 35.2. The number of nitrogens with one attached hydrogen (secondary N) is 1. The molecule has 6 rings (SSSR count). The summed E-state index contributed by atoms with van der Waals surface area (Å²) < 4.78 is 78.6. The van der Waals surface area contributed by atoms with Crippen LogP contribution in [0.5, 0.6) is 0 Å². The van der Waals surface area contributed by atoms with Crippen molar-refractivity contribution in [2.75, 3.05) is 31.1 Å². The number of β-amino-alcohol motifs (C(OH)–C–C–N with tert-alkyl or cyclic N) is 1. The lowest BCUT2D eigenvalue weighted by Crippen LogP contribution is -2.49. The van der Waals surface area contributed by atoms with Crippen LogP contribution in [0, 0.1) is 0 Å². The number of carbonyl (C=O) groups is 2. The molecule has 2 fully saturated rings. The highest BCUT2D eigenvalue weighted by atomic mass is 35.5. The molecule has 0 radical (unpaired) electrons. The smallest absolute Gasteiger partial charge is 0.382 e. The molecule has 1 unspecified atom stereocenters. The van der Waals surface area contributed by atoms with Gasteiger partial charge in [0, 0.05) is 36.3 Å². The number of carbonyl (C=O) groups excluding carboxylic acids is 2. The molecule has 4 atom stereocenters. The van der Waals surface area contributed by atoms with Gasteiger partial charge >= 0.3 is 6.18 Å². The minimum Gasteiger partial charge on any atom is -0.382 e. The molecule has 0 spiro atoms. The fourth-order valence-electron chi connectivity index (χ4n) is 5.12. The van der Waals surface area contributed by atoms with E-state index in [1.807, 2.05) is 0 Å². The minimum absolute atomic E-state index is 0.0927. The van der Waals surface area contributed by atoms with Gasteiger partial charge in [-0.25, -0.2) is 27.8 Å². The molecular formula is C28H28ClF4N9O6S. The number of halogens is 5. The Labute approximate surface area is 280 Å². The van der Waals surface area contributed by atoms with E-state index in [0.29, 0.717) is 5.02 Å². The van der Waals surface area contributed by atoms with Gasteiger partial charge in [0.25, 0.3) is 11.8 Å². The second-order valence-electron chi connectivity index (χ2n) is 11.5. The summed E-state index contributed by atoms with van der Waals surface area (Å²) in [5.41, 5.74) is 0.162. The number of nitrogens with zero attached hydrogens (tertiary/aromatic N) is 8. The summed E-state index contributed by atoms with van der Waals surface area (Å²) in [5, 5.41) is 33.4. The lowest BCUT2D eigenvalue weighted by atomic mass is 10.2. The predicted octanol–water partition coefficient (Wildman–Crippen LogP) is 0.705. The number of hydrazone groups is 1. The number of aromatic nitrogens is 4. The van der Waals surface area contributed by atoms with Crippen LogP contribution < -0.4 is 5.32 Å². The molecule has 21 heteroatoms. The average molecular weight is 730 g/mol. The van der Waals surface area contributed by atoms with E-state index in [2.05, 4.69) is 25.5 Å². The van der Waals surface area contributed by atoms with E-state index in [4.69, 9.17) is 11.6 Å². The van der Waals surface area contributed by atoms with Crippen molar-refractivity contribution in [2.45, 2.75) is 43.8 Å². The molecule has 2 aromatic heterocycles. The molecule has 262 valence electrons. The van der Waals surface area contributed by atoms with Gasteiger partial charge in [-0.15, -0.1) is 5.10 Å². The van der Waals surface area contributed by atoms with Crippen LogP contribution in [0.2, 0.25) is 5.02 Å². The van der Waals surface area contributed by atoms with Crippen LogP contribution in [-0.2, 0) is 16.4 Å². The summed E-state index contributed by atoms with van der Waals surface area (Å²) in [6, 6.07) is 7.92. The molecular weight excluding hydrogens is 702 g/mol. The van der Waals surface area contributed by atoms with Gasteiger partial charge in [0.1, 0.15) is 12.7 Å². The van der Waals surface area contributed by atoms with Crippen LogP contribution in [0.3, 0.4) is 0 Å². The minimum atomic E-state index is -5.01. The molecule has 0 bridgehead atoms. The molecule has 1 saturated heterocycles. The first-order valence-electron chi connectivity index (χ1n) is 14.8. The molecule has 3 N–H and O–H groups in total. The number of benzene rings is 1. The maximum atomic E-state index is 13.7. The van der Waals surface area contributed by atoms with Crippen molar-refractivity contribution in [1.29, 1.82) is 0 Å². The Morgan fingerprint density at radius 2 is 1.80 bits per heavy atom. The van der Waals surface area contributed by atoms with Gasteiger partial charge in [-0.3, -0.25) is 9.59 Å². The number of sulfone groups is 1. The van der Waals surface area contributed by atoms with Crippen LogP contribution in [0.1, 0.15) is 38.8 Å². The zero-order valence-corrected chi connectivity index (χ0v) is 26.8. The molecule has 2 amide bonds. The van der Waals surface area contributed by atoms with Gasteiger partial charge in [0.15, 0.2) is 33.4 Å². The van der Waals surface area contributed by atoms with Crippen LogP contribution in [0.15, 0.2) is 47.7 Å². The summed E-state index contributed by atoms with van der Waals surface area (Å²) >= 11 is 5.96. The van der Waals surface area contributed by atoms with Gasteiger partial charge in [0.05, 0.1) is 29.7 Å². The first-order chi connectivity index (χ1) is 23.1. The molecule has 3 aliphatic rings. The number of aliphatic hydroxyl groups excluding tert-OH is 2. The highest BCUT2D eigenvalue weighted by Gasteiger charge is 2.44. The molecule has 49 heavy (non-hydrogen) atoms. The summed E-state index contributed by atoms with van der Waals surface area (Å²) in [4.78, 5) is 37.4. The highest BCUT2D eigenvalue weighted by Crippen LogP contribution is 2.28. The van der Waals surface area contributed by atoms with E-state index < -0.39 is 71.4 Å². The lowest BCUT2D eigenvalue weighted by molar-refractivity contribution is -0.212. The number of pyridine rings is 1. The maximum absolute atomic E-state index is 13.7. The second kappa shape index (κ2) is 13.1. The van der Waals surface area contributed by atoms with Crippen molar-refractivity contribution < 1.29 is 45.8 Å². The van der Waals surface area contributed by atoms with E-state index in [1.54, 1.807) is 0 Å². The number of rotatable bonds is 9. The lowest BCUT2D eigenvalue weighted by Gasteiger charge is -2.29. The molecule has 1 aromatic carbocycles. The van der Waals surface area contributed by atoms with Gasteiger partial charge in [0.2, 0.25) is 12.2 Å². The Balaban J connectivity index is 1.36. The van der Waals surface area contributed by atoms with Crippen LogP contribution in [-0.4, -0.2) is 133 Å². The Hall–Kier alpha value is -4.40. The molecule has 4 heterocycles. The van der Waals surface area contributed by atoms with Crippen molar-refractivity contribution in [3.8, 4) is 5.82 Å². The normalized spacial score (nSPS) is 22.6. The van der Waals surface area contributed by atoms with Crippen LogP contribution >= 0.6 is 11.6 Å². The average Bonchev–Trinajstić information content (AvgIpc) is 3.44. The van der Waals surface area contributed by atoms with Gasteiger partial charge in [-0.1, -0.05) is 11.6 Å². The van der Waals surface area contributed by atoms with Crippen molar-refractivity contribution in [3.05, 3.63) is 70.4 Å². The Morgan fingerprint density at radius 3 is 2.43 bits per heavy atom. The van der Waals surface area contributed by atoms with E-state index in [-0.39, 0.29) is 59.6 Å². The van der Waals surface area contributed by atoms with E-state index in [0.717, 1.165) is 14.6 Å². The van der Waals surface area contributed by atoms with Crippen molar-refractivity contribution >= 4 is 39.1 Å². The van der Waals surface area contributed by atoms with E-state index in [1.165, 1.54) is 47.5 Å². The Bertz CT molecular complexity index is 1880. The zero-order valence-electron chi connectivity index (χ0n) is 25.2. The molecule has 1 saturated carbocycles. The van der Waals surface area contributed by atoms with Crippen molar-refractivity contribution in [1.82, 2.24) is 39.9 Å². The third kappa shape index (κ3) is 7.46. The summed E-state index contributed by atoms with van der Waals surface area (Å²) in [6.07, 6.45) is -9.52. The molecule has 15 nitrogen and oxygen atoms in total.